The van der Waals surface area contributed by atoms with Crippen LogP contribution >= 0.6 is 0 Å². The molecule has 0 aliphatic heterocycles. The SMILES string of the molecule is C.C1CCC(C2CCCCC2)CC1.C1CCC(C2CCCCC2)CC1.N=C=O.N=C=O. The maximum Gasteiger partial charge on any atom is 0.231 e. The zero-order chi connectivity index (χ0) is 21.9. The predicted molar refractivity (Wildman–Crippen MR) is 130 cm³/mol. The van der Waals surface area contributed by atoms with Crippen molar-refractivity contribution in [3.05, 3.63) is 0 Å². The maximum absolute atomic E-state index is 8.35. The summed E-state index contributed by atoms with van der Waals surface area (Å²) in [6.45, 7) is 0. The number of hydrogen-bond donors (Lipinski definition) is 2. The molecule has 0 aromatic carbocycles. The van der Waals surface area contributed by atoms with Gasteiger partial charge in [0, 0.05) is 0 Å². The number of carbonyl (C=O) groups excluding carboxylic acids is 2. The molecule has 0 radical (unpaired) electrons. The molecule has 4 nitrogen and oxygen atoms in total. The Morgan fingerprint density at radius 2 is 0.516 bits per heavy atom. The average molecular weight is 435 g/mol. The molecule has 0 heterocycles. The Balaban J connectivity index is 0.000000453. The van der Waals surface area contributed by atoms with Crippen molar-refractivity contribution in [1.82, 2.24) is 0 Å². The van der Waals surface area contributed by atoms with Gasteiger partial charge in [0.2, 0.25) is 12.2 Å². The molecule has 31 heavy (non-hydrogen) atoms. The van der Waals surface area contributed by atoms with Gasteiger partial charge in [0.05, 0.1) is 0 Å². The summed E-state index contributed by atoms with van der Waals surface area (Å²) < 4.78 is 0. The molecule has 4 fully saturated rings. The minimum atomic E-state index is 0. The second-order valence-electron chi connectivity index (χ2n) is 9.80. The fourth-order valence-corrected chi connectivity index (χ4v) is 6.42. The second-order valence-corrected chi connectivity index (χ2v) is 9.80. The molecule has 0 spiro atoms. The number of isocyanates is 2. The minimum Gasteiger partial charge on any atom is -0.222 e. The molecule has 0 amide bonds. The van der Waals surface area contributed by atoms with E-state index < -0.39 is 0 Å². The van der Waals surface area contributed by atoms with Crippen LogP contribution in [-0.2, 0) is 9.59 Å². The van der Waals surface area contributed by atoms with Crippen LogP contribution < -0.4 is 0 Å². The first-order valence-electron chi connectivity index (χ1n) is 12.8. The van der Waals surface area contributed by atoms with Crippen LogP contribution in [0.5, 0.6) is 0 Å². The molecule has 0 bridgehead atoms. The summed E-state index contributed by atoms with van der Waals surface area (Å²) >= 11 is 0. The fraction of sp³-hybridized carbons (Fsp3) is 0.926. The molecule has 4 saturated carbocycles. The quantitative estimate of drug-likeness (QED) is 0.336. The second kappa shape index (κ2) is 20.7. The van der Waals surface area contributed by atoms with Gasteiger partial charge in [0.25, 0.3) is 0 Å². The molecular weight excluding hydrogens is 384 g/mol. The number of hydrogen-bond acceptors (Lipinski definition) is 4. The molecule has 0 aromatic rings. The number of rotatable bonds is 2. The van der Waals surface area contributed by atoms with E-state index in [1.165, 1.54) is 77.0 Å². The summed E-state index contributed by atoms with van der Waals surface area (Å²) in [5.41, 5.74) is 0. The van der Waals surface area contributed by atoms with E-state index >= 15 is 0 Å². The van der Waals surface area contributed by atoms with Crippen LogP contribution in [0.2, 0.25) is 0 Å². The predicted octanol–water partition coefficient (Wildman–Crippen LogP) is 8.73. The van der Waals surface area contributed by atoms with Gasteiger partial charge in [-0.05, 0) is 23.7 Å². The van der Waals surface area contributed by atoms with Gasteiger partial charge >= 0.3 is 0 Å². The lowest BCUT2D eigenvalue weighted by Crippen LogP contribution is -2.20. The Labute approximate surface area is 192 Å². The summed E-state index contributed by atoms with van der Waals surface area (Å²) in [6.07, 6.45) is 32.3. The Morgan fingerprint density at radius 3 is 0.645 bits per heavy atom. The van der Waals surface area contributed by atoms with Crippen molar-refractivity contribution in [2.24, 2.45) is 23.7 Å². The van der Waals surface area contributed by atoms with E-state index in [4.69, 9.17) is 20.4 Å². The van der Waals surface area contributed by atoms with E-state index in [9.17, 15) is 0 Å². The summed E-state index contributed by atoms with van der Waals surface area (Å²) in [4.78, 5) is 16.7. The molecule has 4 heteroatoms. The Kier molecular flexibility index (Phi) is 19.8. The lowest BCUT2D eigenvalue weighted by atomic mass is 9.73. The molecule has 180 valence electrons. The van der Waals surface area contributed by atoms with Gasteiger partial charge in [-0.3, -0.25) is 0 Å². The van der Waals surface area contributed by atoms with Gasteiger partial charge in [-0.1, -0.05) is 136 Å². The van der Waals surface area contributed by atoms with Gasteiger partial charge in [-0.25, -0.2) is 20.4 Å². The van der Waals surface area contributed by atoms with Crippen LogP contribution in [0.1, 0.15) is 136 Å². The summed E-state index contributed by atoms with van der Waals surface area (Å²) in [7, 11) is 0. The third kappa shape index (κ3) is 13.7. The Morgan fingerprint density at radius 1 is 0.387 bits per heavy atom. The highest BCUT2D eigenvalue weighted by atomic mass is 16.1. The normalized spacial score (nSPS) is 23.0. The molecule has 0 aromatic heterocycles. The first-order chi connectivity index (χ1) is 14.8. The lowest BCUT2D eigenvalue weighted by Gasteiger charge is -2.32. The Bertz CT molecular complexity index is 382. The molecule has 4 aliphatic carbocycles. The van der Waals surface area contributed by atoms with Crippen LogP contribution in [-0.4, -0.2) is 12.2 Å². The first-order valence-corrected chi connectivity index (χ1v) is 12.8. The minimum absolute atomic E-state index is 0. The molecule has 4 aliphatic rings. The van der Waals surface area contributed by atoms with Crippen molar-refractivity contribution in [2.75, 3.05) is 0 Å². The van der Waals surface area contributed by atoms with E-state index in [0.29, 0.717) is 0 Å². The van der Waals surface area contributed by atoms with Crippen molar-refractivity contribution in [1.29, 1.82) is 10.8 Å². The standard InChI is InChI=1S/2C12H22.2CHNO.CH4/c2*1-3-7-11(8-4-1)12-9-5-2-6-10-12;2*2-1-3;/h2*11-12H,1-10H2;2*2H;1H4. The zero-order valence-electron chi connectivity index (χ0n) is 19.3. The van der Waals surface area contributed by atoms with E-state index in [1.807, 2.05) is 0 Å². The van der Waals surface area contributed by atoms with Crippen LogP contribution in [0, 0.1) is 34.5 Å². The van der Waals surface area contributed by atoms with Gasteiger partial charge in [-0.2, -0.15) is 0 Å². The van der Waals surface area contributed by atoms with Crippen molar-refractivity contribution in [2.45, 2.75) is 136 Å². The molecular formula is C27H50N2O2. The number of nitrogens with one attached hydrogen (secondary N) is 2. The zero-order valence-corrected chi connectivity index (χ0v) is 19.3. The van der Waals surface area contributed by atoms with E-state index in [1.54, 1.807) is 51.4 Å². The molecule has 0 unspecified atom stereocenters. The maximum atomic E-state index is 8.35. The van der Waals surface area contributed by atoms with Crippen LogP contribution in [0.3, 0.4) is 0 Å². The fourth-order valence-electron chi connectivity index (χ4n) is 6.42. The topological polar surface area (TPSA) is 81.8 Å². The molecule has 2 N–H and O–H groups in total. The third-order valence-corrected chi connectivity index (χ3v) is 7.93. The molecule has 0 atom stereocenters. The smallest absolute Gasteiger partial charge is 0.222 e. The van der Waals surface area contributed by atoms with Crippen LogP contribution in [0.4, 0.5) is 0 Å². The van der Waals surface area contributed by atoms with Gasteiger partial charge in [-0.15, -0.1) is 0 Å². The first kappa shape index (κ1) is 29.8. The summed E-state index contributed by atoms with van der Waals surface area (Å²) in [6, 6.07) is 0. The third-order valence-electron chi connectivity index (χ3n) is 7.93. The summed E-state index contributed by atoms with van der Waals surface area (Å²) in [5.74, 6) is 4.55. The Hall–Kier alpha value is -1.24. The highest BCUT2D eigenvalue weighted by Crippen LogP contribution is 2.38. The van der Waals surface area contributed by atoms with Gasteiger partial charge in [0.1, 0.15) is 0 Å². The van der Waals surface area contributed by atoms with Crippen LogP contribution in [0.15, 0.2) is 0 Å². The molecule has 0 saturated heterocycles. The van der Waals surface area contributed by atoms with E-state index in [2.05, 4.69) is 0 Å². The lowest BCUT2D eigenvalue weighted by molar-refractivity contribution is 0.196. The monoisotopic (exact) mass is 434 g/mol. The highest BCUT2D eigenvalue weighted by Gasteiger charge is 2.25. The van der Waals surface area contributed by atoms with E-state index in [-0.39, 0.29) is 7.43 Å². The largest absolute Gasteiger partial charge is 0.231 e. The van der Waals surface area contributed by atoms with Crippen molar-refractivity contribution < 1.29 is 9.59 Å². The van der Waals surface area contributed by atoms with Crippen molar-refractivity contribution >= 4 is 12.2 Å². The molecule has 4 rings (SSSR count). The average Bonchev–Trinajstić information content (AvgIpc) is 2.83. The van der Waals surface area contributed by atoms with Gasteiger partial charge < -0.3 is 0 Å². The van der Waals surface area contributed by atoms with E-state index in [0.717, 1.165) is 35.8 Å². The highest BCUT2D eigenvalue weighted by molar-refractivity contribution is 5.26. The van der Waals surface area contributed by atoms with Crippen molar-refractivity contribution in [3.63, 3.8) is 0 Å². The van der Waals surface area contributed by atoms with Gasteiger partial charge in [0.15, 0.2) is 0 Å². The van der Waals surface area contributed by atoms with Crippen molar-refractivity contribution in [3.8, 4) is 0 Å². The summed E-state index contributed by atoms with van der Waals surface area (Å²) in [5, 5.41) is 10.8. The van der Waals surface area contributed by atoms with Crippen LogP contribution in [0.25, 0.3) is 0 Å².